The maximum atomic E-state index is 13.0. The first kappa shape index (κ1) is 21.8. The lowest BCUT2D eigenvalue weighted by atomic mass is 10.1. The summed E-state index contributed by atoms with van der Waals surface area (Å²) in [6.07, 6.45) is 1.12. The molecule has 0 aliphatic heterocycles. The molecule has 0 spiro atoms. The van der Waals surface area contributed by atoms with Gasteiger partial charge >= 0.3 is 0 Å². The molecule has 0 saturated heterocycles. The highest BCUT2D eigenvalue weighted by atomic mass is 32.2. The predicted molar refractivity (Wildman–Crippen MR) is 112 cm³/mol. The molecule has 0 fully saturated rings. The molecular formula is C21H28N2O4S. The third-order valence-corrected chi connectivity index (χ3v) is 6.01. The summed E-state index contributed by atoms with van der Waals surface area (Å²) in [6, 6.07) is 11.9. The van der Waals surface area contributed by atoms with Crippen LogP contribution in [0.2, 0.25) is 0 Å². The van der Waals surface area contributed by atoms with Crippen molar-refractivity contribution in [1.29, 1.82) is 0 Å². The van der Waals surface area contributed by atoms with E-state index in [1.54, 1.807) is 33.2 Å². The second-order valence-electron chi connectivity index (χ2n) is 7.05. The molecule has 7 heteroatoms. The summed E-state index contributed by atoms with van der Waals surface area (Å²) in [5.41, 5.74) is 3.45. The van der Waals surface area contributed by atoms with Crippen molar-refractivity contribution in [2.24, 2.45) is 0 Å². The Morgan fingerprint density at radius 2 is 1.68 bits per heavy atom. The molecule has 2 rings (SSSR count). The minimum Gasteiger partial charge on any atom is -0.497 e. The lowest BCUT2D eigenvalue weighted by molar-refractivity contribution is -0.131. The van der Waals surface area contributed by atoms with Gasteiger partial charge in [0.15, 0.2) is 0 Å². The van der Waals surface area contributed by atoms with E-state index < -0.39 is 16.1 Å². The van der Waals surface area contributed by atoms with Gasteiger partial charge in [-0.3, -0.25) is 9.10 Å². The van der Waals surface area contributed by atoms with Crippen LogP contribution >= 0.6 is 0 Å². The van der Waals surface area contributed by atoms with Crippen molar-refractivity contribution in [3.05, 3.63) is 59.2 Å². The average Bonchev–Trinajstić information content (AvgIpc) is 2.63. The van der Waals surface area contributed by atoms with Crippen LogP contribution in [-0.4, -0.2) is 45.7 Å². The van der Waals surface area contributed by atoms with E-state index in [-0.39, 0.29) is 5.91 Å². The van der Waals surface area contributed by atoms with Crippen LogP contribution in [-0.2, 0) is 21.4 Å². The minimum atomic E-state index is -3.64. The van der Waals surface area contributed by atoms with E-state index in [9.17, 15) is 13.2 Å². The van der Waals surface area contributed by atoms with Crippen molar-refractivity contribution in [1.82, 2.24) is 4.90 Å². The van der Waals surface area contributed by atoms with Crippen LogP contribution in [0.4, 0.5) is 5.69 Å². The molecule has 2 aromatic carbocycles. The first-order valence-corrected chi connectivity index (χ1v) is 10.8. The molecule has 152 valence electrons. The Bertz CT molecular complexity index is 939. The SMILES string of the molecule is COc1ccc(CN(C)C(=O)[C@@H](C)N(c2ccc(C)c(C)c2)S(C)(=O)=O)cc1. The number of anilines is 1. The van der Waals surface area contributed by atoms with Gasteiger partial charge in [-0.05, 0) is 61.7 Å². The Morgan fingerprint density at radius 1 is 1.07 bits per heavy atom. The molecule has 0 bridgehead atoms. The van der Waals surface area contributed by atoms with Gasteiger partial charge in [-0.25, -0.2) is 8.42 Å². The Hall–Kier alpha value is -2.54. The molecule has 0 unspecified atom stereocenters. The number of benzene rings is 2. The summed E-state index contributed by atoms with van der Waals surface area (Å²) in [5, 5.41) is 0. The van der Waals surface area contributed by atoms with E-state index in [1.807, 2.05) is 44.2 Å². The molecule has 0 aliphatic carbocycles. The van der Waals surface area contributed by atoms with Crippen LogP contribution < -0.4 is 9.04 Å². The molecule has 2 aromatic rings. The molecule has 6 nitrogen and oxygen atoms in total. The Morgan fingerprint density at radius 3 is 2.18 bits per heavy atom. The van der Waals surface area contributed by atoms with Gasteiger partial charge in [-0.2, -0.15) is 0 Å². The zero-order chi connectivity index (χ0) is 21.1. The van der Waals surface area contributed by atoms with Crippen molar-refractivity contribution in [2.45, 2.75) is 33.4 Å². The Balaban J connectivity index is 2.25. The standard InChI is InChI=1S/C21H28N2O4S/c1-15-7-10-19(13-16(15)2)23(28(6,25)26)17(3)21(24)22(4)14-18-8-11-20(27-5)12-9-18/h7-13,17H,14H2,1-6H3/t17-/m1/s1. The van der Waals surface area contributed by atoms with E-state index in [2.05, 4.69) is 0 Å². The molecule has 0 heterocycles. The number of sulfonamides is 1. The fourth-order valence-electron chi connectivity index (χ4n) is 3.07. The quantitative estimate of drug-likeness (QED) is 0.711. The first-order valence-electron chi connectivity index (χ1n) is 8.99. The van der Waals surface area contributed by atoms with Crippen molar-refractivity contribution >= 4 is 21.6 Å². The molecule has 0 radical (unpaired) electrons. The third kappa shape index (κ3) is 5.04. The topological polar surface area (TPSA) is 66.9 Å². The third-order valence-electron chi connectivity index (χ3n) is 4.77. The molecule has 1 atom stereocenters. The van der Waals surface area contributed by atoms with Crippen LogP contribution in [0.25, 0.3) is 0 Å². The molecular weight excluding hydrogens is 376 g/mol. The van der Waals surface area contributed by atoms with E-state index in [1.165, 1.54) is 9.21 Å². The zero-order valence-corrected chi connectivity index (χ0v) is 18.1. The maximum absolute atomic E-state index is 13.0. The van der Waals surface area contributed by atoms with Crippen LogP contribution in [0.15, 0.2) is 42.5 Å². The van der Waals surface area contributed by atoms with E-state index in [4.69, 9.17) is 4.74 Å². The number of likely N-dealkylation sites (N-methyl/N-ethyl adjacent to an activating group) is 1. The lowest BCUT2D eigenvalue weighted by Gasteiger charge is -2.31. The predicted octanol–water partition coefficient (Wildman–Crippen LogP) is 3.13. The number of ether oxygens (including phenoxy) is 1. The van der Waals surface area contributed by atoms with Gasteiger partial charge in [0.25, 0.3) is 0 Å². The van der Waals surface area contributed by atoms with Gasteiger partial charge in [0, 0.05) is 13.6 Å². The van der Waals surface area contributed by atoms with Gasteiger partial charge in [0.05, 0.1) is 19.1 Å². The van der Waals surface area contributed by atoms with E-state index in [0.717, 1.165) is 28.7 Å². The molecule has 0 saturated carbocycles. The van der Waals surface area contributed by atoms with Crippen LogP contribution in [0.1, 0.15) is 23.6 Å². The number of hydrogen-bond acceptors (Lipinski definition) is 4. The van der Waals surface area contributed by atoms with E-state index in [0.29, 0.717) is 12.2 Å². The summed E-state index contributed by atoms with van der Waals surface area (Å²) in [7, 11) is -0.371. The lowest BCUT2D eigenvalue weighted by Crippen LogP contribution is -2.48. The van der Waals surface area contributed by atoms with Crippen molar-refractivity contribution in [3.8, 4) is 5.75 Å². The second kappa shape index (κ2) is 8.65. The maximum Gasteiger partial charge on any atom is 0.246 e. The van der Waals surface area contributed by atoms with Crippen molar-refractivity contribution in [2.75, 3.05) is 24.7 Å². The number of carbonyl (C=O) groups is 1. The molecule has 0 aliphatic rings. The smallest absolute Gasteiger partial charge is 0.246 e. The summed E-state index contributed by atoms with van der Waals surface area (Å²) >= 11 is 0. The molecule has 28 heavy (non-hydrogen) atoms. The number of carbonyl (C=O) groups excluding carboxylic acids is 1. The van der Waals surface area contributed by atoms with Gasteiger partial charge in [0.2, 0.25) is 15.9 Å². The Labute approximate surface area is 167 Å². The highest BCUT2D eigenvalue weighted by Crippen LogP contribution is 2.24. The average molecular weight is 405 g/mol. The monoisotopic (exact) mass is 404 g/mol. The zero-order valence-electron chi connectivity index (χ0n) is 17.3. The van der Waals surface area contributed by atoms with Crippen molar-refractivity contribution < 1.29 is 17.9 Å². The number of nitrogens with zero attached hydrogens (tertiary/aromatic N) is 2. The summed E-state index contributed by atoms with van der Waals surface area (Å²) in [6.45, 7) is 5.86. The normalized spacial score (nSPS) is 12.4. The fourth-order valence-corrected chi connectivity index (χ4v) is 4.23. The van der Waals surface area contributed by atoms with Crippen LogP contribution in [0.5, 0.6) is 5.75 Å². The Kier molecular flexibility index (Phi) is 6.72. The highest BCUT2D eigenvalue weighted by molar-refractivity contribution is 7.92. The fraction of sp³-hybridized carbons (Fsp3) is 0.381. The number of aryl methyl sites for hydroxylation is 2. The number of hydrogen-bond donors (Lipinski definition) is 0. The molecule has 0 N–H and O–H groups in total. The number of rotatable bonds is 7. The second-order valence-corrected chi connectivity index (χ2v) is 8.91. The van der Waals surface area contributed by atoms with Crippen LogP contribution in [0, 0.1) is 13.8 Å². The minimum absolute atomic E-state index is 0.278. The van der Waals surface area contributed by atoms with Crippen molar-refractivity contribution in [3.63, 3.8) is 0 Å². The van der Waals surface area contributed by atoms with Gasteiger partial charge in [0.1, 0.15) is 11.8 Å². The summed E-state index contributed by atoms with van der Waals surface area (Å²) in [5.74, 6) is 0.462. The number of amides is 1. The summed E-state index contributed by atoms with van der Waals surface area (Å²) in [4.78, 5) is 14.5. The molecule has 1 amide bonds. The first-order chi connectivity index (χ1) is 13.0. The van der Waals surface area contributed by atoms with Gasteiger partial charge < -0.3 is 9.64 Å². The molecule has 0 aromatic heterocycles. The van der Waals surface area contributed by atoms with Gasteiger partial charge in [-0.1, -0.05) is 18.2 Å². The highest BCUT2D eigenvalue weighted by Gasteiger charge is 2.31. The largest absolute Gasteiger partial charge is 0.497 e. The van der Waals surface area contributed by atoms with E-state index >= 15 is 0 Å². The van der Waals surface area contributed by atoms with Gasteiger partial charge in [-0.15, -0.1) is 0 Å². The summed E-state index contributed by atoms with van der Waals surface area (Å²) < 4.78 is 31.3. The van der Waals surface area contributed by atoms with Crippen LogP contribution in [0.3, 0.4) is 0 Å². The number of methoxy groups -OCH3 is 1.